The number of aryl methyl sites for hydroxylation is 2. The average Bonchev–Trinajstić information content (AvgIpc) is 3.13. The van der Waals surface area contributed by atoms with Gasteiger partial charge in [-0.25, -0.2) is 4.98 Å². The summed E-state index contributed by atoms with van der Waals surface area (Å²) >= 11 is 0. The van der Waals surface area contributed by atoms with E-state index in [9.17, 15) is 0 Å². The van der Waals surface area contributed by atoms with Crippen molar-refractivity contribution in [2.75, 3.05) is 12.8 Å². The molecule has 0 atom stereocenters. The van der Waals surface area contributed by atoms with Crippen LogP contribution in [0.4, 0.5) is 6.01 Å². The zero-order valence-electron chi connectivity index (χ0n) is 12.7. The third kappa shape index (κ3) is 2.59. The van der Waals surface area contributed by atoms with E-state index in [4.69, 9.17) is 14.9 Å². The highest BCUT2D eigenvalue weighted by Gasteiger charge is 2.06. The summed E-state index contributed by atoms with van der Waals surface area (Å²) in [6, 6.07) is 10.00. The Morgan fingerprint density at radius 2 is 2.09 bits per heavy atom. The number of hydrogen-bond acceptors (Lipinski definition) is 5. The van der Waals surface area contributed by atoms with Gasteiger partial charge in [-0.15, -0.1) is 0 Å². The number of nitrogen functional groups attached to an aromatic ring is 1. The fourth-order valence-corrected chi connectivity index (χ4v) is 2.68. The topological polar surface area (TPSA) is 78.6 Å². The van der Waals surface area contributed by atoms with Crippen LogP contribution in [0.15, 0.2) is 47.1 Å². The number of pyridine rings is 1. The lowest BCUT2D eigenvalue weighted by Gasteiger charge is -1.98. The van der Waals surface area contributed by atoms with E-state index < -0.39 is 0 Å². The lowest BCUT2D eigenvalue weighted by atomic mass is 10.1. The molecular formula is C17H16N4O2. The molecule has 0 spiro atoms. The second-order valence-electron chi connectivity index (χ2n) is 5.42. The molecule has 0 amide bonds. The van der Waals surface area contributed by atoms with Gasteiger partial charge in [-0.3, -0.25) is 0 Å². The Labute approximate surface area is 132 Å². The van der Waals surface area contributed by atoms with Gasteiger partial charge < -0.3 is 19.3 Å². The molecule has 1 aromatic carbocycles. The van der Waals surface area contributed by atoms with Gasteiger partial charge in [0, 0.05) is 18.5 Å². The SMILES string of the molecule is COc1ccn2cc(CCc3ccc4nc(N)oc4c3)nc2c1. The number of nitrogens with zero attached hydrogens (tertiary/aromatic N) is 3. The lowest BCUT2D eigenvalue weighted by molar-refractivity contribution is 0.414. The van der Waals surface area contributed by atoms with Crippen molar-refractivity contribution in [1.82, 2.24) is 14.4 Å². The quantitative estimate of drug-likeness (QED) is 0.627. The van der Waals surface area contributed by atoms with E-state index in [2.05, 4.69) is 9.97 Å². The Hall–Kier alpha value is -3.02. The van der Waals surface area contributed by atoms with Crippen LogP contribution >= 0.6 is 0 Å². The van der Waals surface area contributed by atoms with Gasteiger partial charge in [-0.1, -0.05) is 6.07 Å². The molecular weight excluding hydrogens is 292 g/mol. The molecule has 116 valence electrons. The molecule has 3 heterocycles. The summed E-state index contributed by atoms with van der Waals surface area (Å²) in [7, 11) is 1.65. The first-order valence-electron chi connectivity index (χ1n) is 7.38. The maximum atomic E-state index is 5.57. The number of anilines is 1. The molecule has 0 saturated carbocycles. The van der Waals surface area contributed by atoms with Gasteiger partial charge in [0.1, 0.15) is 16.9 Å². The molecule has 0 unspecified atom stereocenters. The number of nitrogens with two attached hydrogens (primary N) is 1. The summed E-state index contributed by atoms with van der Waals surface area (Å²) in [5.41, 5.74) is 10.2. The second-order valence-corrected chi connectivity index (χ2v) is 5.42. The molecule has 0 bridgehead atoms. The van der Waals surface area contributed by atoms with Crippen LogP contribution in [0.1, 0.15) is 11.3 Å². The molecule has 6 heteroatoms. The summed E-state index contributed by atoms with van der Waals surface area (Å²) < 4.78 is 12.6. The lowest BCUT2D eigenvalue weighted by Crippen LogP contribution is -1.91. The highest BCUT2D eigenvalue weighted by molar-refractivity contribution is 5.74. The van der Waals surface area contributed by atoms with Gasteiger partial charge >= 0.3 is 0 Å². The van der Waals surface area contributed by atoms with E-state index in [1.807, 2.05) is 47.1 Å². The molecule has 0 fully saturated rings. The number of fused-ring (bicyclic) bond motifs is 2. The first-order valence-corrected chi connectivity index (χ1v) is 7.38. The molecule has 0 saturated heterocycles. The van der Waals surface area contributed by atoms with Crippen LogP contribution < -0.4 is 10.5 Å². The van der Waals surface area contributed by atoms with E-state index in [0.29, 0.717) is 0 Å². The van der Waals surface area contributed by atoms with Gasteiger partial charge in [-0.2, -0.15) is 4.98 Å². The van der Waals surface area contributed by atoms with Gasteiger partial charge in [0.25, 0.3) is 6.01 Å². The number of methoxy groups -OCH3 is 1. The van der Waals surface area contributed by atoms with E-state index in [-0.39, 0.29) is 6.01 Å². The summed E-state index contributed by atoms with van der Waals surface area (Å²) in [5, 5.41) is 0. The smallest absolute Gasteiger partial charge is 0.292 e. The summed E-state index contributed by atoms with van der Waals surface area (Å²) in [6.45, 7) is 0. The molecule has 23 heavy (non-hydrogen) atoms. The highest BCUT2D eigenvalue weighted by Crippen LogP contribution is 2.20. The van der Waals surface area contributed by atoms with Crippen LogP contribution in [0.25, 0.3) is 16.7 Å². The molecule has 0 aliphatic heterocycles. The molecule has 3 aromatic heterocycles. The largest absolute Gasteiger partial charge is 0.497 e. The number of oxazole rings is 1. The molecule has 4 aromatic rings. The zero-order valence-corrected chi connectivity index (χ0v) is 12.7. The second kappa shape index (κ2) is 5.31. The van der Waals surface area contributed by atoms with Crippen molar-refractivity contribution in [3.63, 3.8) is 0 Å². The van der Waals surface area contributed by atoms with E-state index in [0.717, 1.165) is 41.0 Å². The summed E-state index contributed by atoms with van der Waals surface area (Å²) in [6.07, 6.45) is 5.71. The van der Waals surface area contributed by atoms with Crippen molar-refractivity contribution < 1.29 is 9.15 Å². The minimum Gasteiger partial charge on any atom is -0.497 e. The number of aromatic nitrogens is 3. The van der Waals surface area contributed by atoms with Crippen molar-refractivity contribution >= 4 is 22.8 Å². The fourth-order valence-electron chi connectivity index (χ4n) is 2.68. The Morgan fingerprint density at radius 1 is 1.17 bits per heavy atom. The molecule has 2 N–H and O–H groups in total. The number of hydrogen-bond donors (Lipinski definition) is 1. The van der Waals surface area contributed by atoms with Crippen molar-refractivity contribution in [1.29, 1.82) is 0 Å². The van der Waals surface area contributed by atoms with E-state index in [1.54, 1.807) is 7.11 Å². The van der Waals surface area contributed by atoms with Gasteiger partial charge in [0.2, 0.25) is 0 Å². The minimum absolute atomic E-state index is 0.200. The normalized spacial score (nSPS) is 11.3. The number of rotatable bonds is 4. The van der Waals surface area contributed by atoms with Crippen molar-refractivity contribution in [3.8, 4) is 5.75 Å². The van der Waals surface area contributed by atoms with Crippen LogP contribution in [-0.2, 0) is 12.8 Å². The Kier molecular flexibility index (Phi) is 3.15. The van der Waals surface area contributed by atoms with Crippen molar-refractivity contribution in [2.45, 2.75) is 12.8 Å². The van der Waals surface area contributed by atoms with Gasteiger partial charge in [0.05, 0.1) is 12.8 Å². The van der Waals surface area contributed by atoms with Crippen molar-refractivity contribution in [3.05, 3.63) is 54.0 Å². The van der Waals surface area contributed by atoms with Crippen molar-refractivity contribution in [2.24, 2.45) is 0 Å². The number of imidazole rings is 1. The van der Waals surface area contributed by atoms with Gasteiger partial charge in [-0.05, 0) is 36.6 Å². The molecule has 4 rings (SSSR count). The van der Waals surface area contributed by atoms with Crippen LogP contribution in [0, 0.1) is 0 Å². The van der Waals surface area contributed by atoms with Crippen LogP contribution in [0.2, 0.25) is 0 Å². The highest BCUT2D eigenvalue weighted by atomic mass is 16.5. The van der Waals surface area contributed by atoms with Gasteiger partial charge in [0.15, 0.2) is 5.58 Å². The zero-order chi connectivity index (χ0) is 15.8. The van der Waals surface area contributed by atoms with E-state index >= 15 is 0 Å². The first kappa shape index (κ1) is 13.6. The van der Waals surface area contributed by atoms with Crippen LogP contribution in [-0.4, -0.2) is 21.5 Å². The Morgan fingerprint density at radius 3 is 2.96 bits per heavy atom. The Bertz CT molecular complexity index is 987. The van der Waals surface area contributed by atoms with Crippen LogP contribution in [0.5, 0.6) is 5.75 Å². The average molecular weight is 308 g/mol. The predicted molar refractivity (Wildman–Crippen MR) is 87.6 cm³/mol. The third-order valence-corrected chi connectivity index (χ3v) is 3.86. The predicted octanol–water partition coefficient (Wildman–Crippen LogP) is 2.85. The first-order chi connectivity index (χ1) is 11.2. The molecule has 6 nitrogen and oxygen atoms in total. The fraction of sp³-hybridized carbons (Fsp3) is 0.176. The summed E-state index contributed by atoms with van der Waals surface area (Å²) in [4.78, 5) is 8.73. The number of benzene rings is 1. The standard InChI is InChI=1S/C17H16N4O2/c1-22-13-6-7-21-10-12(19-16(21)9-13)4-2-11-3-5-14-15(8-11)23-17(18)20-14/h3,5-10H,2,4H2,1H3,(H2,18,20). The maximum absolute atomic E-state index is 5.57. The number of ether oxygens (including phenoxy) is 1. The monoisotopic (exact) mass is 308 g/mol. The molecule has 0 aliphatic carbocycles. The molecule has 0 aliphatic rings. The summed E-state index contributed by atoms with van der Waals surface area (Å²) in [5.74, 6) is 0.808. The minimum atomic E-state index is 0.200. The van der Waals surface area contributed by atoms with Crippen LogP contribution in [0.3, 0.4) is 0 Å². The maximum Gasteiger partial charge on any atom is 0.292 e. The molecule has 0 radical (unpaired) electrons. The third-order valence-electron chi connectivity index (χ3n) is 3.86. The van der Waals surface area contributed by atoms with E-state index in [1.165, 1.54) is 5.56 Å². The Balaban J connectivity index is 1.55.